The highest BCUT2D eigenvalue weighted by Crippen LogP contribution is 2.13. The summed E-state index contributed by atoms with van der Waals surface area (Å²) in [5.41, 5.74) is 3.52. The Morgan fingerprint density at radius 2 is 2.26 bits per heavy atom. The van der Waals surface area contributed by atoms with Gasteiger partial charge in [-0.1, -0.05) is 12.1 Å². The van der Waals surface area contributed by atoms with Crippen LogP contribution < -0.4 is 5.32 Å². The maximum atomic E-state index is 4.03. The van der Waals surface area contributed by atoms with Gasteiger partial charge in [-0.15, -0.1) is 0 Å². The first-order valence-electron chi connectivity index (χ1n) is 6.46. The fraction of sp³-hybridized carbons (Fsp3) is 0.286. The lowest BCUT2D eigenvalue weighted by molar-refractivity contribution is 0.566. The van der Waals surface area contributed by atoms with Gasteiger partial charge in [0.15, 0.2) is 0 Å². The van der Waals surface area contributed by atoms with Crippen molar-refractivity contribution in [1.82, 2.24) is 25.5 Å². The molecule has 0 aliphatic heterocycles. The van der Waals surface area contributed by atoms with Crippen LogP contribution in [0, 0.1) is 0 Å². The lowest BCUT2D eigenvalue weighted by Crippen LogP contribution is -2.21. The fourth-order valence-electron chi connectivity index (χ4n) is 2.19. The van der Waals surface area contributed by atoms with Crippen molar-refractivity contribution in [1.29, 1.82) is 0 Å². The molecule has 1 atom stereocenters. The van der Waals surface area contributed by atoms with Crippen molar-refractivity contribution < 1.29 is 0 Å². The summed E-state index contributed by atoms with van der Waals surface area (Å²) in [7, 11) is 0. The van der Waals surface area contributed by atoms with E-state index in [9.17, 15) is 0 Å². The van der Waals surface area contributed by atoms with Crippen LogP contribution in [0.1, 0.15) is 24.2 Å². The van der Waals surface area contributed by atoms with Gasteiger partial charge >= 0.3 is 0 Å². The molecule has 3 N–H and O–H groups in total. The molecule has 0 fully saturated rings. The Balaban J connectivity index is 1.57. The number of nitrogens with one attached hydrogen (secondary N) is 3. The summed E-state index contributed by atoms with van der Waals surface area (Å²) in [6.45, 7) is 3.06. The van der Waals surface area contributed by atoms with Crippen LogP contribution in [0.2, 0.25) is 0 Å². The van der Waals surface area contributed by atoms with Crippen molar-refractivity contribution in [3.05, 3.63) is 48.2 Å². The number of imidazole rings is 1. The van der Waals surface area contributed by atoms with E-state index in [-0.39, 0.29) is 0 Å². The number of rotatable bonds is 5. The Morgan fingerprint density at radius 1 is 1.32 bits per heavy atom. The van der Waals surface area contributed by atoms with Crippen LogP contribution in [-0.2, 0) is 6.42 Å². The van der Waals surface area contributed by atoms with Crippen LogP contribution in [0.15, 0.2) is 36.9 Å². The largest absolute Gasteiger partial charge is 0.347 e. The number of hydrogen-bond acceptors (Lipinski definition) is 3. The molecular formula is C14H17N5. The number of aromatic nitrogens is 4. The summed E-state index contributed by atoms with van der Waals surface area (Å²) in [6, 6.07) is 6.70. The van der Waals surface area contributed by atoms with Crippen molar-refractivity contribution in [2.24, 2.45) is 0 Å². The lowest BCUT2D eigenvalue weighted by atomic mass is 10.1. The topological polar surface area (TPSA) is 69.4 Å². The zero-order valence-electron chi connectivity index (χ0n) is 10.9. The minimum atomic E-state index is 0.290. The first-order chi connectivity index (χ1) is 9.33. The van der Waals surface area contributed by atoms with Gasteiger partial charge in [0.2, 0.25) is 0 Å². The van der Waals surface area contributed by atoms with E-state index >= 15 is 0 Å². The van der Waals surface area contributed by atoms with E-state index in [4.69, 9.17) is 0 Å². The highest BCUT2D eigenvalue weighted by atomic mass is 15.1. The summed E-state index contributed by atoms with van der Waals surface area (Å²) in [5.74, 6) is 0. The van der Waals surface area contributed by atoms with Crippen molar-refractivity contribution in [2.45, 2.75) is 19.4 Å². The standard InChI is InChI=1S/C14H17N5/c1-10(14-8-15-9-17-14)16-5-4-11-2-3-12-7-18-19-13(12)6-11/h2-3,6-10,16H,4-5H2,1H3,(H,15,17)(H,18,19). The third kappa shape index (κ3) is 2.66. The lowest BCUT2D eigenvalue weighted by Gasteiger charge is -2.11. The molecule has 0 radical (unpaired) electrons. The molecule has 2 aromatic heterocycles. The molecule has 0 saturated heterocycles. The Kier molecular flexibility index (Phi) is 3.29. The molecule has 2 heterocycles. The zero-order chi connectivity index (χ0) is 13.1. The quantitative estimate of drug-likeness (QED) is 0.654. The molecule has 19 heavy (non-hydrogen) atoms. The Labute approximate surface area is 111 Å². The highest BCUT2D eigenvalue weighted by molar-refractivity contribution is 5.78. The van der Waals surface area contributed by atoms with Crippen molar-refractivity contribution in [2.75, 3.05) is 6.54 Å². The van der Waals surface area contributed by atoms with E-state index in [2.05, 4.69) is 50.6 Å². The van der Waals surface area contributed by atoms with E-state index in [1.807, 2.05) is 12.4 Å². The molecule has 1 aromatic carbocycles. The van der Waals surface area contributed by atoms with E-state index in [0.717, 1.165) is 29.6 Å². The van der Waals surface area contributed by atoms with Crippen LogP contribution in [0.4, 0.5) is 0 Å². The van der Waals surface area contributed by atoms with Crippen LogP contribution in [0.3, 0.4) is 0 Å². The summed E-state index contributed by atoms with van der Waals surface area (Å²) in [5, 5.41) is 11.7. The van der Waals surface area contributed by atoms with Gasteiger partial charge in [0.25, 0.3) is 0 Å². The van der Waals surface area contributed by atoms with Crippen LogP contribution in [0.5, 0.6) is 0 Å². The highest BCUT2D eigenvalue weighted by Gasteiger charge is 2.05. The van der Waals surface area contributed by atoms with Crippen molar-refractivity contribution in [3.8, 4) is 0 Å². The predicted molar refractivity (Wildman–Crippen MR) is 74.8 cm³/mol. The van der Waals surface area contributed by atoms with Gasteiger partial charge in [-0.2, -0.15) is 5.10 Å². The first kappa shape index (κ1) is 11.9. The molecule has 0 bridgehead atoms. The predicted octanol–water partition coefficient (Wildman–Crippen LogP) is 2.18. The molecule has 0 aliphatic rings. The minimum absolute atomic E-state index is 0.290. The number of H-pyrrole nitrogens is 2. The van der Waals surface area contributed by atoms with Gasteiger partial charge in [0.05, 0.1) is 23.7 Å². The Bertz CT molecular complexity index is 641. The summed E-state index contributed by atoms with van der Waals surface area (Å²) >= 11 is 0. The van der Waals surface area contributed by atoms with Gasteiger partial charge in [0, 0.05) is 17.6 Å². The molecule has 0 saturated carbocycles. The van der Waals surface area contributed by atoms with Gasteiger partial charge in [-0.05, 0) is 31.5 Å². The fourth-order valence-corrected chi connectivity index (χ4v) is 2.19. The van der Waals surface area contributed by atoms with E-state index in [0.29, 0.717) is 6.04 Å². The monoisotopic (exact) mass is 255 g/mol. The smallest absolute Gasteiger partial charge is 0.0922 e. The van der Waals surface area contributed by atoms with E-state index in [1.165, 1.54) is 5.56 Å². The number of fused-ring (bicyclic) bond motifs is 1. The number of nitrogens with zero attached hydrogens (tertiary/aromatic N) is 2. The summed E-state index contributed by atoms with van der Waals surface area (Å²) in [4.78, 5) is 7.15. The number of benzene rings is 1. The molecule has 5 heteroatoms. The summed E-state index contributed by atoms with van der Waals surface area (Å²) < 4.78 is 0. The average Bonchev–Trinajstić information content (AvgIpc) is 3.09. The second-order valence-corrected chi connectivity index (χ2v) is 4.72. The SMILES string of the molecule is CC(NCCc1ccc2cn[nH]c2c1)c1cnc[nH]1. The molecule has 3 aromatic rings. The summed E-state index contributed by atoms with van der Waals surface area (Å²) in [6.07, 6.45) is 6.40. The van der Waals surface area contributed by atoms with Gasteiger partial charge in [0.1, 0.15) is 0 Å². The average molecular weight is 255 g/mol. The van der Waals surface area contributed by atoms with Crippen LogP contribution >= 0.6 is 0 Å². The first-order valence-corrected chi connectivity index (χ1v) is 6.46. The van der Waals surface area contributed by atoms with Crippen LogP contribution in [-0.4, -0.2) is 26.7 Å². The third-order valence-corrected chi connectivity index (χ3v) is 3.36. The second-order valence-electron chi connectivity index (χ2n) is 4.72. The van der Waals surface area contributed by atoms with Crippen molar-refractivity contribution in [3.63, 3.8) is 0 Å². The second kappa shape index (κ2) is 5.24. The van der Waals surface area contributed by atoms with E-state index in [1.54, 1.807) is 6.33 Å². The van der Waals surface area contributed by atoms with Gasteiger partial charge in [-0.25, -0.2) is 4.98 Å². The number of hydrogen-bond donors (Lipinski definition) is 3. The number of aromatic amines is 2. The maximum Gasteiger partial charge on any atom is 0.0922 e. The van der Waals surface area contributed by atoms with Gasteiger partial charge < -0.3 is 10.3 Å². The van der Waals surface area contributed by atoms with E-state index < -0.39 is 0 Å². The molecule has 1 unspecified atom stereocenters. The zero-order valence-corrected chi connectivity index (χ0v) is 10.9. The van der Waals surface area contributed by atoms with Crippen molar-refractivity contribution >= 4 is 10.9 Å². The molecule has 5 nitrogen and oxygen atoms in total. The third-order valence-electron chi connectivity index (χ3n) is 3.36. The molecule has 0 amide bonds. The molecule has 0 aliphatic carbocycles. The normalized spacial score (nSPS) is 12.9. The molecule has 0 spiro atoms. The van der Waals surface area contributed by atoms with Gasteiger partial charge in [-0.3, -0.25) is 5.10 Å². The Morgan fingerprint density at radius 3 is 3.11 bits per heavy atom. The Hall–Kier alpha value is -2.14. The molecule has 98 valence electrons. The molecular weight excluding hydrogens is 238 g/mol. The maximum absolute atomic E-state index is 4.03. The minimum Gasteiger partial charge on any atom is -0.347 e. The van der Waals surface area contributed by atoms with Crippen LogP contribution in [0.25, 0.3) is 10.9 Å². The molecule has 3 rings (SSSR count).